The second-order valence-electron chi connectivity index (χ2n) is 5.14. The standard InChI is InChI=1S/C18H14BrClO3/c1-2-12-7-18(21)23-16-9-17(15(20)8-14(12)16)22-10-11-3-5-13(19)6-4-11/h3-9H,2,10H2,1H3. The molecule has 0 bridgehead atoms. The summed E-state index contributed by atoms with van der Waals surface area (Å²) in [7, 11) is 0. The minimum atomic E-state index is -0.365. The third kappa shape index (κ3) is 3.59. The van der Waals surface area contributed by atoms with Crippen molar-refractivity contribution in [3.05, 3.63) is 73.5 Å². The number of ether oxygens (including phenoxy) is 1. The quantitative estimate of drug-likeness (QED) is 0.561. The van der Waals surface area contributed by atoms with Crippen molar-refractivity contribution in [2.24, 2.45) is 0 Å². The van der Waals surface area contributed by atoms with E-state index in [1.54, 1.807) is 12.1 Å². The topological polar surface area (TPSA) is 39.4 Å². The van der Waals surface area contributed by atoms with Gasteiger partial charge in [-0.25, -0.2) is 4.79 Å². The van der Waals surface area contributed by atoms with Gasteiger partial charge >= 0.3 is 5.63 Å². The van der Waals surface area contributed by atoms with Gasteiger partial charge in [-0.3, -0.25) is 0 Å². The van der Waals surface area contributed by atoms with Crippen molar-refractivity contribution in [3.63, 3.8) is 0 Å². The summed E-state index contributed by atoms with van der Waals surface area (Å²) in [5, 5.41) is 1.34. The first-order valence-electron chi connectivity index (χ1n) is 7.20. The Kier molecular flexibility index (Phi) is 4.74. The highest BCUT2D eigenvalue weighted by Crippen LogP contribution is 2.32. The summed E-state index contributed by atoms with van der Waals surface area (Å²) in [6, 6.07) is 12.8. The monoisotopic (exact) mass is 392 g/mol. The van der Waals surface area contributed by atoms with Gasteiger partial charge in [0.25, 0.3) is 0 Å². The number of halogens is 2. The van der Waals surface area contributed by atoms with Crippen molar-refractivity contribution in [1.29, 1.82) is 0 Å². The zero-order chi connectivity index (χ0) is 16.4. The van der Waals surface area contributed by atoms with Gasteiger partial charge < -0.3 is 9.15 Å². The summed E-state index contributed by atoms with van der Waals surface area (Å²) in [5.74, 6) is 0.499. The molecule has 0 saturated heterocycles. The molecular formula is C18H14BrClO3. The maximum absolute atomic E-state index is 11.6. The van der Waals surface area contributed by atoms with Crippen molar-refractivity contribution in [3.8, 4) is 5.75 Å². The van der Waals surface area contributed by atoms with Crippen molar-refractivity contribution in [1.82, 2.24) is 0 Å². The molecule has 118 valence electrons. The minimum absolute atomic E-state index is 0.365. The smallest absolute Gasteiger partial charge is 0.336 e. The average molecular weight is 394 g/mol. The highest BCUT2D eigenvalue weighted by Gasteiger charge is 2.10. The summed E-state index contributed by atoms with van der Waals surface area (Å²) in [6.07, 6.45) is 0.734. The zero-order valence-electron chi connectivity index (χ0n) is 12.4. The van der Waals surface area contributed by atoms with Crippen molar-refractivity contribution < 1.29 is 9.15 Å². The molecule has 0 spiro atoms. The molecule has 3 nitrogen and oxygen atoms in total. The molecule has 0 fully saturated rings. The van der Waals surface area contributed by atoms with Crippen LogP contribution in [0.2, 0.25) is 5.02 Å². The number of hydrogen-bond donors (Lipinski definition) is 0. The molecule has 0 aliphatic heterocycles. The van der Waals surface area contributed by atoms with Crippen LogP contribution >= 0.6 is 27.5 Å². The highest BCUT2D eigenvalue weighted by molar-refractivity contribution is 9.10. The largest absolute Gasteiger partial charge is 0.487 e. The van der Waals surface area contributed by atoms with E-state index in [1.807, 2.05) is 31.2 Å². The Morgan fingerprint density at radius 2 is 1.91 bits per heavy atom. The van der Waals surface area contributed by atoms with E-state index in [2.05, 4.69) is 15.9 Å². The molecule has 5 heteroatoms. The Morgan fingerprint density at radius 3 is 2.61 bits per heavy atom. The van der Waals surface area contributed by atoms with E-state index in [9.17, 15) is 4.79 Å². The first-order valence-corrected chi connectivity index (χ1v) is 8.37. The molecule has 0 saturated carbocycles. The Morgan fingerprint density at radius 1 is 1.17 bits per heavy atom. The Balaban J connectivity index is 1.93. The van der Waals surface area contributed by atoms with Crippen LogP contribution in [-0.2, 0) is 13.0 Å². The van der Waals surface area contributed by atoms with Gasteiger partial charge in [-0.05, 0) is 35.7 Å². The Bertz CT molecular complexity index is 901. The molecule has 0 atom stereocenters. The second kappa shape index (κ2) is 6.77. The molecule has 3 rings (SSSR count). The summed E-state index contributed by atoms with van der Waals surface area (Å²) in [4.78, 5) is 11.6. The van der Waals surface area contributed by atoms with Crippen molar-refractivity contribution >= 4 is 38.5 Å². The molecule has 0 radical (unpaired) electrons. The summed E-state index contributed by atoms with van der Waals surface area (Å²) >= 11 is 9.71. The van der Waals surface area contributed by atoms with E-state index in [4.69, 9.17) is 20.8 Å². The van der Waals surface area contributed by atoms with Gasteiger partial charge in [0.05, 0.1) is 5.02 Å². The summed E-state index contributed by atoms with van der Waals surface area (Å²) in [5.41, 5.74) is 2.06. The number of benzene rings is 2. The van der Waals surface area contributed by atoms with Crippen LogP contribution in [0.15, 0.2) is 56.1 Å². The van der Waals surface area contributed by atoms with E-state index < -0.39 is 0 Å². The fourth-order valence-electron chi connectivity index (χ4n) is 2.37. The highest BCUT2D eigenvalue weighted by atomic mass is 79.9. The van der Waals surface area contributed by atoms with E-state index in [0.29, 0.717) is 23.0 Å². The minimum Gasteiger partial charge on any atom is -0.487 e. The first kappa shape index (κ1) is 16.1. The van der Waals surface area contributed by atoms with Gasteiger partial charge in [-0.2, -0.15) is 0 Å². The van der Waals surface area contributed by atoms with Crippen LogP contribution in [0, 0.1) is 0 Å². The second-order valence-corrected chi connectivity index (χ2v) is 6.46. The lowest BCUT2D eigenvalue weighted by Crippen LogP contribution is -2.01. The van der Waals surface area contributed by atoms with E-state index >= 15 is 0 Å². The van der Waals surface area contributed by atoms with Gasteiger partial charge in [0.1, 0.15) is 17.9 Å². The van der Waals surface area contributed by atoms with E-state index in [0.717, 1.165) is 27.4 Å². The molecule has 1 aromatic heterocycles. The molecule has 0 unspecified atom stereocenters. The average Bonchev–Trinajstić information content (AvgIpc) is 2.54. The summed E-state index contributed by atoms with van der Waals surface area (Å²) < 4.78 is 12.1. The predicted molar refractivity (Wildman–Crippen MR) is 95.3 cm³/mol. The SMILES string of the molecule is CCc1cc(=O)oc2cc(OCc3ccc(Br)cc3)c(Cl)cc12. The van der Waals surface area contributed by atoms with Crippen LogP contribution in [0.3, 0.4) is 0 Å². The van der Waals surface area contributed by atoms with Crippen LogP contribution in [0.25, 0.3) is 11.0 Å². The first-order chi connectivity index (χ1) is 11.1. The Hall–Kier alpha value is -1.78. The third-order valence-electron chi connectivity index (χ3n) is 3.57. The lowest BCUT2D eigenvalue weighted by Gasteiger charge is -2.10. The van der Waals surface area contributed by atoms with Crippen LogP contribution in [-0.4, -0.2) is 0 Å². The van der Waals surface area contributed by atoms with Crippen LogP contribution in [0.1, 0.15) is 18.1 Å². The predicted octanol–water partition coefficient (Wildman–Crippen LogP) is 5.35. The molecule has 2 aromatic carbocycles. The third-order valence-corrected chi connectivity index (χ3v) is 4.40. The molecule has 23 heavy (non-hydrogen) atoms. The molecule has 0 aliphatic carbocycles. The fraction of sp³-hybridized carbons (Fsp3) is 0.167. The van der Waals surface area contributed by atoms with Crippen LogP contribution < -0.4 is 10.4 Å². The normalized spacial score (nSPS) is 10.9. The van der Waals surface area contributed by atoms with Crippen molar-refractivity contribution in [2.75, 3.05) is 0 Å². The van der Waals surface area contributed by atoms with Gasteiger partial charge in [-0.1, -0.05) is 46.6 Å². The fourth-order valence-corrected chi connectivity index (χ4v) is 2.86. The number of hydrogen-bond acceptors (Lipinski definition) is 3. The van der Waals surface area contributed by atoms with Gasteiger partial charge in [-0.15, -0.1) is 0 Å². The molecular weight excluding hydrogens is 380 g/mol. The van der Waals surface area contributed by atoms with E-state index in [1.165, 1.54) is 6.07 Å². The van der Waals surface area contributed by atoms with Crippen LogP contribution in [0.5, 0.6) is 5.75 Å². The maximum Gasteiger partial charge on any atom is 0.336 e. The number of rotatable bonds is 4. The maximum atomic E-state index is 11.6. The Labute approximate surface area is 147 Å². The van der Waals surface area contributed by atoms with Crippen LogP contribution in [0.4, 0.5) is 0 Å². The molecule has 0 N–H and O–H groups in total. The van der Waals surface area contributed by atoms with Gasteiger partial charge in [0.2, 0.25) is 0 Å². The molecule has 1 heterocycles. The van der Waals surface area contributed by atoms with Gasteiger partial charge in [0.15, 0.2) is 0 Å². The lowest BCUT2D eigenvalue weighted by atomic mass is 10.1. The van der Waals surface area contributed by atoms with Crippen molar-refractivity contribution in [2.45, 2.75) is 20.0 Å². The van der Waals surface area contributed by atoms with Gasteiger partial charge in [0, 0.05) is 22.0 Å². The molecule has 3 aromatic rings. The van der Waals surface area contributed by atoms with E-state index in [-0.39, 0.29) is 5.63 Å². The molecule has 0 aliphatic rings. The summed E-state index contributed by atoms with van der Waals surface area (Å²) in [6.45, 7) is 2.37. The zero-order valence-corrected chi connectivity index (χ0v) is 14.8. The molecule has 0 amide bonds. The number of fused-ring (bicyclic) bond motifs is 1. The number of aryl methyl sites for hydroxylation is 1. The lowest BCUT2D eigenvalue weighted by molar-refractivity contribution is 0.306.